The first-order valence-corrected chi connectivity index (χ1v) is 19.2. The summed E-state index contributed by atoms with van der Waals surface area (Å²) in [6.45, 7) is 9.51. The van der Waals surface area contributed by atoms with E-state index in [1.807, 2.05) is 35.7 Å². The zero-order valence-corrected chi connectivity index (χ0v) is 30.1. The van der Waals surface area contributed by atoms with Gasteiger partial charge in [-0.2, -0.15) is 0 Å². The van der Waals surface area contributed by atoms with E-state index in [1.165, 1.54) is 48.4 Å². The third kappa shape index (κ3) is 5.11. The van der Waals surface area contributed by atoms with Crippen molar-refractivity contribution in [3.8, 4) is 22.6 Å². The number of fused-ring (bicyclic) bond motifs is 8. The van der Waals surface area contributed by atoms with Gasteiger partial charge in [0.2, 0.25) is 0 Å². The number of hydrogen-bond acceptors (Lipinski definition) is 4. The fraction of sp³-hybridized carbons (Fsp3) is 0.302. The Balaban J connectivity index is 1.62. The van der Waals surface area contributed by atoms with Crippen LogP contribution in [0.3, 0.4) is 0 Å². The van der Waals surface area contributed by atoms with Crippen molar-refractivity contribution in [3.63, 3.8) is 0 Å². The highest BCUT2D eigenvalue weighted by Crippen LogP contribution is 2.62. The molecule has 2 nitrogen and oxygen atoms in total. The molecular weight excluding hydrogens is 613 g/mol. The molecule has 0 saturated heterocycles. The van der Waals surface area contributed by atoms with Crippen molar-refractivity contribution in [2.75, 3.05) is 19.6 Å². The Morgan fingerprint density at radius 1 is 0.723 bits per heavy atom. The van der Waals surface area contributed by atoms with Crippen molar-refractivity contribution in [1.82, 2.24) is 0 Å². The summed E-state index contributed by atoms with van der Waals surface area (Å²) in [5.41, 5.74) is 8.17. The molecule has 0 N–H and O–H groups in total. The number of rotatable bonds is 9. The van der Waals surface area contributed by atoms with Crippen molar-refractivity contribution in [3.05, 3.63) is 125 Å². The van der Waals surface area contributed by atoms with Gasteiger partial charge in [0.1, 0.15) is 11.5 Å². The van der Waals surface area contributed by atoms with Crippen LogP contribution < -0.4 is 9.47 Å². The lowest BCUT2D eigenvalue weighted by Crippen LogP contribution is -2.36. The predicted octanol–water partition coefficient (Wildman–Crippen LogP) is 12.0. The second-order valence-corrected chi connectivity index (χ2v) is 15.5. The van der Waals surface area contributed by atoms with E-state index < -0.39 is 5.60 Å². The minimum Gasteiger partial charge on any atom is -0.497 e. The summed E-state index contributed by atoms with van der Waals surface area (Å²) in [5.74, 6) is 2.86. The Morgan fingerprint density at radius 2 is 1.32 bits per heavy atom. The van der Waals surface area contributed by atoms with Crippen LogP contribution in [0, 0.1) is 11.8 Å². The molecule has 240 valence electrons. The molecule has 0 spiro atoms. The van der Waals surface area contributed by atoms with E-state index in [2.05, 4.69) is 131 Å². The van der Waals surface area contributed by atoms with Crippen molar-refractivity contribution in [1.29, 1.82) is 0 Å². The van der Waals surface area contributed by atoms with Gasteiger partial charge >= 0.3 is 0 Å². The molecule has 0 amide bonds. The molecule has 1 unspecified atom stereocenters. The molecule has 7 rings (SSSR count). The minimum atomic E-state index is -0.802. The smallest absolute Gasteiger partial charge is 0.178 e. The van der Waals surface area contributed by atoms with Crippen molar-refractivity contribution in [2.24, 2.45) is 11.8 Å². The zero-order valence-electron chi connectivity index (χ0n) is 28.5. The molecule has 0 saturated carbocycles. The molecule has 47 heavy (non-hydrogen) atoms. The summed E-state index contributed by atoms with van der Waals surface area (Å²) in [6.07, 6.45) is 11.3. The fourth-order valence-electron chi connectivity index (χ4n) is 8.40. The highest BCUT2D eigenvalue weighted by molar-refractivity contribution is 8.01. The van der Waals surface area contributed by atoms with Crippen LogP contribution in [0.15, 0.2) is 107 Å². The Kier molecular flexibility index (Phi) is 8.47. The molecule has 1 atom stereocenters. The number of thioether (sulfide) groups is 2. The molecule has 5 aromatic rings. The van der Waals surface area contributed by atoms with E-state index in [-0.39, 0.29) is 5.41 Å². The number of benzene rings is 5. The highest BCUT2D eigenvalue weighted by atomic mass is 32.2. The van der Waals surface area contributed by atoms with Gasteiger partial charge in [-0.3, -0.25) is 0 Å². The van der Waals surface area contributed by atoms with E-state index >= 15 is 0 Å². The van der Waals surface area contributed by atoms with Crippen LogP contribution in [0.1, 0.15) is 68.4 Å². The average molecular weight is 657 g/mol. The van der Waals surface area contributed by atoms with Crippen LogP contribution in [0.4, 0.5) is 0 Å². The van der Waals surface area contributed by atoms with Gasteiger partial charge in [0.05, 0.1) is 7.11 Å². The predicted molar refractivity (Wildman–Crippen MR) is 203 cm³/mol. The standard InChI is InChI=1S/C43H44O2S2/c1-27(2)25-42(26-28(3)4)36-16-12-11-15-32(36)39-34-23-37(46-6)38(47-7)24-35(34)41-33(40(39)42)21-22-43(45-41,29-13-9-8-10-14-29)30-17-19-31(44-5)20-18-30/h8-24,27-28H,25-26H2,1-7H3. The second-order valence-electron chi connectivity index (χ2n) is 13.8. The number of ether oxygens (including phenoxy) is 2. The summed E-state index contributed by atoms with van der Waals surface area (Å²) in [4.78, 5) is 2.59. The third-order valence-corrected chi connectivity index (χ3v) is 11.7. The lowest BCUT2D eigenvalue weighted by Gasteiger charge is -2.41. The Morgan fingerprint density at radius 3 is 1.94 bits per heavy atom. The molecule has 5 aromatic carbocycles. The van der Waals surface area contributed by atoms with Gasteiger partial charge in [-0.05, 0) is 95.2 Å². The summed E-state index contributed by atoms with van der Waals surface area (Å²) in [6, 6.07) is 33.1. The van der Waals surface area contributed by atoms with E-state index in [0.717, 1.165) is 35.5 Å². The molecule has 0 bridgehead atoms. The Bertz CT molecular complexity index is 1960. The normalized spacial score (nSPS) is 17.5. The lowest BCUT2D eigenvalue weighted by molar-refractivity contribution is 0.163. The van der Waals surface area contributed by atoms with Crippen molar-refractivity contribution < 1.29 is 9.47 Å². The largest absolute Gasteiger partial charge is 0.497 e. The molecular formula is C43H44O2S2. The summed E-state index contributed by atoms with van der Waals surface area (Å²) in [7, 11) is 1.71. The maximum Gasteiger partial charge on any atom is 0.178 e. The van der Waals surface area contributed by atoms with Crippen LogP contribution in [0.5, 0.6) is 11.5 Å². The first-order valence-electron chi connectivity index (χ1n) is 16.7. The zero-order chi connectivity index (χ0) is 32.9. The van der Waals surface area contributed by atoms with Crippen LogP contribution in [0.2, 0.25) is 0 Å². The van der Waals surface area contributed by atoms with E-state index in [4.69, 9.17) is 9.47 Å². The molecule has 1 aliphatic heterocycles. The average Bonchev–Trinajstić information content (AvgIpc) is 3.36. The van der Waals surface area contributed by atoms with E-state index in [0.29, 0.717) is 11.8 Å². The first kappa shape index (κ1) is 32.0. The van der Waals surface area contributed by atoms with Gasteiger partial charge in [-0.15, -0.1) is 23.5 Å². The first-order chi connectivity index (χ1) is 22.8. The van der Waals surface area contributed by atoms with Crippen LogP contribution >= 0.6 is 23.5 Å². The molecule has 0 aromatic heterocycles. The highest BCUT2D eigenvalue weighted by Gasteiger charge is 2.48. The monoisotopic (exact) mass is 656 g/mol. The quantitative estimate of drug-likeness (QED) is 0.147. The Labute approximate surface area is 289 Å². The molecule has 0 radical (unpaired) electrons. The van der Waals surface area contributed by atoms with E-state index in [1.54, 1.807) is 7.11 Å². The van der Waals surface area contributed by atoms with Gasteiger partial charge in [0.25, 0.3) is 0 Å². The van der Waals surface area contributed by atoms with Crippen LogP contribution in [-0.2, 0) is 11.0 Å². The number of hydrogen-bond donors (Lipinski definition) is 0. The van der Waals surface area contributed by atoms with E-state index in [9.17, 15) is 0 Å². The molecule has 4 heteroatoms. The lowest BCUT2D eigenvalue weighted by atomic mass is 9.66. The van der Waals surface area contributed by atoms with Gasteiger partial charge < -0.3 is 9.47 Å². The van der Waals surface area contributed by atoms with Gasteiger partial charge in [-0.25, -0.2) is 0 Å². The van der Waals surface area contributed by atoms with Gasteiger partial charge in [0, 0.05) is 37.3 Å². The topological polar surface area (TPSA) is 18.5 Å². The summed E-state index contributed by atoms with van der Waals surface area (Å²) < 4.78 is 13.2. The molecule has 0 fully saturated rings. The maximum absolute atomic E-state index is 7.64. The van der Waals surface area contributed by atoms with Crippen LogP contribution in [0.25, 0.3) is 28.0 Å². The van der Waals surface area contributed by atoms with Gasteiger partial charge in [-0.1, -0.05) is 101 Å². The SMILES string of the molecule is COc1ccc(C2(c3ccccc3)C=Cc3c4c(c5cc(SC)c(SC)cc5c3O2)-c2ccccc2C4(CC(C)C)CC(C)C)cc1. The third-order valence-electron chi connectivity index (χ3n) is 9.97. The molecule has 1 aliphatic carbocycles. The molecule has 2 aliphatic rings. The summed E-state index contributed by atoms with van der Waals surface area (Å²) in [5, 5.41) is 2.47. The Hall–Kier alpha value is -3.60. The maximum atomic E-state index is 7.64. The minimum absolute atomic E-state index is 0.120. The fourth-order valence-corrected chi connectivity index (χ4v) is 9.89. The van der Waals surface area contributed by atoms with Crippen LogP contribution in [-0.4, -0.2) is 19.6 Å². The van der Waals surface area contributed by atoms with Gasteiger partial charge in [0.15, 0.2) is 5.60 Å². The summed E-state index contributed by atoms with van der Waals surface area (Å²) >= 11 is 3.64. The van der Waals surface area contributed by atoms with Crippen molar-refractivity contribution >= 4 is 40.4 Å². The molecule has 1 heterocycles. The second kappa shape index (κ2) is 12.5. The number of methoxy groups -OCH3 is 1. The van der Waals surface area contributed by atoms with Crippen molar-refractivity contribution in [2.45, 2.75) is 61.3 Å².